The molecule has 0 spiro atoms. The van der Waals surface area contributed by atoms with E-state index in [1.807, 2.05) is 55.5 Å². The molecule has 1 aliphatic rings. The summed E-state index contributed by atoms with van der Waals surface area (Å²) in [6.07, 6.45) is 10.6. The second kappa shape index (κ2) is 13.4. The summed E-state index contributed by atoms with van der Waals surface area (Å²) in [6, 6.07) is 10.1. The molecule has 166 valence electrons. The van der Waals surface area contributed by atoms with Crippen molar-refractivity contribution < 1.29 is 20.1 Å². The molecule has 5 nitrogen and oxygen atoms in total. The third-order valence-electron chi connectivity index (χ3n) is 5.77. The number of hydrogen-bond donors (Lipinski definition) is 4. The van der Waals surface area contributed by atoms with E-state index in [-0.39, 0.29) is 17.7 Å². The second-order valence-electron chi connectivity index (χ2n) is 8.14. The van der Waals surface area contributed by atoms with E-state index in [9.17, 15) is 20.1 Å². The Morgan fingerprint density at radius 3 is 2.70 bits per heavy atom. The van der Waals surface area contributed by atoms with Crippen LogP contribution in [0.4, 0.5) is 0 Å². The Kier molecular flexibility index (Phi) is 10.8. The fourth-order valence-corrected chi connectivity index (χ4v) is 4.06. The first-order valence-corrected chi connectivity index (χ1v) is 11.2. The minimum Gasteiger partial charge on any atom is -0.393 e. The third-order valence-corrected chi connectivity index (χ3v) is 5.77. The Morgan fingerprint density at radius 2 is 1.97 bits per heavy atom. The van der Waals surface area contributed by atoms with Crippen molar-refractivity contribution in [3.63, 3.8) is 0 Å². The first-order chi connectivity index (χ1) is 14.5. The topological polar surface area (TPSA) is 89.8 Å². The van der Waals surface area contributed by atoms with Gasteiger partial charge >= 0.3 is 0 Å². The van der Waals surface area contributed by atoms with Crippen molar-refractivity contribution >= 4 is 5.91 Å². The van der Waals surface area contributed by atoms with Crippen LogP contribution in [-0.4, -0.2) is 46.1 Å². The summed E-state index contributed by atoms with van der Waals surface area (Å²) in [4.78, 5) is 11.4. The second-order valence-corrected chi connectivity index (χ2v) is 8.14. The standard InChI is InChI=1S/C25H37NO4/c1-2-26-25(30)13-9-4-3-8-12-21-22(24(29)18-23(21)28)17-16-20(27)15-14-19-10-6-5-7-11-19/h3,5-8,10-11,16-17,20-24,27-29H,2,4,9,12-15,18H2,1H3,(H,26,30)/b8-3-,17-16+/t20-,21+,22-,23+,24+/m1/s1. The van der Waals surface area contributed by atoms with Crippen LogP contribution in [0.15, 0.2) is 54.6 Å². The van der Waals surface area contributed by atoms with Crippen molar-refractivity contribution in [3.05, 3.63) is 60.2 Å². The molecule has 0 radical (unpaired) electrons. The Hall–Kier alpha value is -1.95. The minimum absolute atomic E-state index is 0.0581. The molecule has 1 fully saturated rings. The lowest BCUT2D eigenvalue weighted by atomic mass is 9.89. The molecule has 1 amide bonds. The molecule has 1 aliphatic carbocycles. The number of rotatable bonds is 12. The van der Waals surface area contributed by atoms with E-state index in [4.69, 9.17) is 0 Å². The van der Waals surface area contributed by atoms with Crippen molar-refractivity contribution in [2.75, 3.05) is 6.54 Å². The Balaban J connectivity index is 1.78. The largest absolute Gasteiger partial charge is 0.393 e. The number of benzene rings is 1. The van der Waals surface area contributed by atoms with E-state index in [1.54, 1.807) is 6.08 Å². The zero-order chi connectivity index (χ0) is 21.8. The maximum Gasteiger partial charge on any atom is 0.219 e. The van der Waals surface area contributed by atoms with Crippen LogP contribution in [0.1, 0.15) is 51.0 Å². The van der Waals surface area contributed by atoms with Gasteiger partial charge in [-0.3, -0.25) is 4.79 Å². The zero-order valence-electron chi connectivity index (χ0n) is 18.0. The van der Waals surface area contributed by atoms with Gasteiger partial charge < -0.3 is 20.6 Å². The number of allylic oxidation sites excluding steroid dienone is 2. The summed E-state index contributed by atoms with van der Waals surface area (Å²) < 4.78 is 0. The Morgan fingerprint density at radius 1 is 1.20 bits per heavy atom. The number of aliphatic hydroxyl groups excluding tert-OH is 3. The van der Waals surface area contributed by atoms with E-state index in [1.165, 1.54) is 5.56 Å². The first-order valence-electron chi connectivity index (χ1n) is 11.2. The molecule has 0 aliphatic heterocycles. The number of aryl methyl sites for hydroxylation is 1. The van der Waals surface area contributed by atoms with Gasteiger partial charge in [-0.05, 0) is 50.5 Å². The van der Waals surface area contributed by atoms with Crippen LogP contribution < -0.4 is 5.32 Å². The van der Waals surface area contributed by atoms with Gasteiger partial charge in [-0.25, -0.2) is 0 Å². The van der Waals surface area contributed by atoms with Crippen LogP contribution >= 0.6 is 0 Å². The highest BCUT2D eigenvalue weighted by Crippen LogP contribution is 2.36. The van der Waals surface area contributed by atoms with Crippen LogP contribution in [-0.2, 0) is 11.2 Å². The molecule has 2 rings (SSSR count). The molecule has 0 saturated heterocycles. The number of aliphatic hydroxyl groups is 3. The number of unbranched alkanes of at least 4 members (excludes halogenated alkanes) is 1. The van der Waals surface area contributed by atoms with Gasteiger partial charge in [0.1, 0.15) is 0 Å². The molecular formula is C25H37NO4. The maximum atomic E-state index is 11.4. The van der Waals surface area contributed by atoms with Gasteiger partial charge in [-0.15, -0.1) is 0 Å². The highest BCUT2D eigenvalue weighted by Gasteiger charge is 2.39. The highest BCUT2D eigenvalue weighted by atomic mass is 16.3. The molecule has 0 bridgehead atoms. The lowest BCUT2D eigenvalue weighted by Gasteiger charge is -2.19. The molecule has 1 saturated carbocycles. The predicted octanol–water partition coefficient (Wildman–Crippen LogP) is 3.15. The number of hydrogen-bond acceptors (Lipinski definition) is 4. The fraction of sp³-hybridized carbons (Fsp3) is 0.560. The van der Waals surface area contributed by atoms with E-state index in [0.717, 1.165) is 19.3 Å². The predicted molar refractivity (Wildman–Crippen MR) is 120 cm³/mol. The molecule has 0 unspecified atom stereocenters. The minimum atomic E-state index is -0.589. The van der Waals surface area contributed by atoms with Gasteiger partial charge in [0, 0.05) is 25.3 Å². The van der Waals surface area contributed by atoms with E-state index in [0.29, 0.717) is 32.2 Å². The number of amides is 1. The van der Waals surface area contributed by atoms with Gasteiger partial charge in [-0.2, -0.15) is 0 Å². The summed E-state index contributed by atoms with van der Waals surface area (Å²) in [7, 11) is 0. The summed E-state index contributed by atoms with van der Waals surface area (Å²) in [5.41, 5.74) is 1.19. The molecule has 1 aromatic carbocycles. The van der Waals surface area contributed by atoms with Crippen molar-refractivity contribution in [2.24, 2.45) is 11.8 Å². The number of carbonyl (C=O) groups excluding carboxylic acids is 1. The zero-order valence-corrected chi connectivity index (χ0v) is 18.0. The summed E-state index contributed by atoms with van der Waals surface area (Å²) in [5, 5.41) is 33.8. The highest BCUT2D eigenvalue weighted by molar-refractivity contribution is 5.75. The van der Waals surface area contributed by atoms with Gasteiger partial charge in [0.05, 0.1) is 18.3 Å². The van der Waals surface area contributed by atoms with Gasteiger partial charge in [0.15, 0.2) is 0 Å². The first kappa shape index (κ1) is 24.3. The molecule has 1 aromatic rings. The molecule has 0 heterocycles. The summed E-state index contributed by atoms with van der Waals surface area (Å²) in [5.74, 6) is -0.139. The lowest BCUT2D eigenvalue weighted by molar-refractivity contribution is -0.121. The fourth-order valence-electron chi connectivity index (χ4n) is 4.06. The van der Waals surface area contributed by atoms with Crippen LogP contribution in [0.3, 0.4) is 0 Å². The average molecular weight is 416 g/mol. The van der Waals surface area contributed by atoms with Gasteiger partial charge in [0.2, 0.25) is 5.91 Å². The van der Waals surface area contributed by atoms with Crippen molar-refractivity contribution in [3.8, 4) is 0 Å². The Labute approximate surface area is 180 Å². The van der Waals surface area contributed by atoms with E-state index in [2.05, 4.69) is 5.32 Å². The van der Waals surface area contributed by atoms with Crippen molar-refractivity contribution in [1.82, 2.24) is 5.32 Å². The number of nitrogens with one attached hydrogen (secondary N) is 1. The molecule has 30 heavy (non-hydrogen) atoms. The maximum absolute atomic E-state index is 11.4. The third kappa shape index (κ3) is 8.42. The molecule has 0 aromatic heterocycles. The van der Waals surface area contributed by atoms with Crippen LogP contribution in [0.2, 0.25) is 0 Å². The monoisotopic (exact) mass is 415 g/mol. The van der Waals surface area contributed by atoms with Gasteiger partial charge in [-0.1, -0.05) is 54.6 Å². The van der Waals surface area contributed by atoms with Crippen LogP contribution in [0, 0.1) is 11.8 Å². The SMILES string of the molecule is CCNC(=O)CCC/C=C\C[C@H]1[C@@H](/C=C/[C@H](O)CCc2ccccc2)[C@@H](O)C[C@@H]1O. The smallest absolute Gasteiger partial charge is 0.219 e. The van der Waals surface area contributed by atoms with Gasteiger partial charge in [0.25, 0.3) is 0 Å². The van der Waals surface area contributed by atoms with Crippen LogP contribution in [0.5, 0.6) is 0 Å². The quantitative estimate of drug-likeness (QED) is 0.312. The summed E-state index contributed by atoms with van der Waals surface area (Å²) in [6.45, 7) is 2.57. The van der Waals surface area contributed by atoms with E-state index < -0.39 is 18.3 Å². The molecular weight excluding hydrogens is 378 g/mol. The van der Waals surface area contributed by atoms with Crippen molar-refractivity contribution in [2.45, 2.75) is 70.2 Å². The lowest BCUT2D eigenvalue weighted by Crippen LogP contribution is -2.21. The molecule has 4 N–H and O–H groups in total. The molecule has 5 heteroatoms. The van der Waals surface area contributed by atoms with Crippen LogP contribution in [0.25, 0.3) is 0 Å². The van der Waals surface area contributed by atoms with E-state index >= 15 is 0 Å². The Bertz CT molecular complexity index is 673. The average Bonchev–Trinajstić information content (AvgIpc) is 3.00. The normalized spacial score (nSPS) is 25.2. The molecule has 5 atom stereocenters. The number of carbonyl (C=O) groups is 1. The van der Waals surface area contributed by atoms with Crippen molar-refractivity contribution in [1.29, 1.82) is 0 Å². The summed E-state index contributed by atoms with van der Waals surface area (Å²) >= 11 is 0.